The smallest absolute Gasteiger partial charge is 0.133 e. The topological polar surface area (TPSA) is 42.1 Å². The fourth-order valence-corrected chi connectivity index (χ4v) is 4.35. The van der Waals surface area contributed by atoms with Gasteiger partial charge in [-0.3, -0.25) is 0 Å². The van der Waals surface area contributed by atoms with E-state index in [1.165, 1.54) is 56.1 Å². The van der Waals surface area contributed by atoms with Crippen molar-refractivity contribution >= 4 is 5.82 Å². The van der Waals surface area contributed by atoms with E-state index < -0.39 is 0 Å². The molecule has 0 amide bonds. The molecule has 0 bridgehead atoms. The maximum absolute atomic E-state index is 5.98. The lowest BCUT2D eigenvalue weighted by Gasteiger charge is -2.45. The molecule has 3 rings (SSSR count). The Balaban J connectivity index is 1.77. The van der Waals surface area contributed by atoms with Crippen LogP contribution in [0.1, 0.15) is 61.8 Å². The fraction of sp³-hybridized carbons (Fsp3) is 0.722. The lowest BCUT2D eigenvalue weighted by Crippen LogP contribution is -2.42. The second-order valence-electron chi connectivity index (χ2n) is 7.13. The van der Waals surface area contributed by atoms with E-state index in [9.17, 15) is 0 Å². The zero-order valence-electron chi connectivity index (χ0n) is 13.6. The third kappa shape index (κ3) is 2.94. The summed E-state index contributed by atoms with van der Waals surface area (Å²) in [5.74, 6) is 1.15. The Kier molecular flexibility index (Phi) is 4.21. The molecule has 0 aromatic carbocycles. The van der Waals surface area contributed by atoms with E-state index in [2.05, 4.69) is 24.8 Å². The van der Waals surface area contributed by atoms with Crippen LogP contribution in [-0.2, 0) is 6.54 Å². The van der Waals surface area contributed by atoms with Crippen LogP contribution in [0.4, 0.5) is 5.82 Å². The van der Waals surface area contributed by atoms with Crippen molar-refractivity contribution in [3.05, 3.63) is 22.9 Å². The molecule has 2 heterocycles. The Labute approximate surface area is 128 Å². The second kappa shape index (κ2) is 5.96. The minimum atomic E-state index is 0.593. The summed E-state index contributed by atoms with van der Waals surface area (Å²) in [4.78, 5) is 7.30. The first-order valence-corrected chi connectivity index (χ1v) is 8.56. The van der Waals surface area contributed by atoms with E-state index in [4.69, 9.17) is 10.7 Å². The van der Waals surface area contributed by atoms with E-state index >= 15 is 0 Å². The highest BCUT2D eigenvalue weighted by molar-refractivity contribution is 5.52. The molecule has 0 radical (unpaired) electrons. The minimum Gasteiger partial charge on any atom is -0.356 e. The predicted molar refractivity (Wildman–Crippen MR) is 88.6 cm³/mol. The quantitative estimate of drug-likeness (QED) is 0.901. The number of piperidine rings is 1. The molecule has 1 saturated heterocycles. The van der Waals surface area contributed by atoms with Crippen molar-refractivity contribution in [3.63, 3.8) is 0 Å². The summed E-state index contributed by atoms with van der Waals surface area (Å²) in [7, 11) is 0. The molecule has 1 saturated carbocycles. The van der Waals surface area contributed by atoms with Crippen molar-refractivity contribution < 1.29 is 0 Å². The number of anilines is 1. The van der Waals surface area contributed by atoms with Gasteiger partial charge in [-0.15, -0.1) is 0 Å². The van der Waals surface area contributed by atoms with Gasteiger partial charge < -0.3 is 10.6 Å². The van der Waals surface area contributed by atoms with Gasteiger partial charge in [-0.2, -0.15) is 0 Å². The zero-order chi connectivity index (χ0) is 14.9. The number of aromatic nitrogens is 1. The van der Waals surface area contributed by atoms with Gasteiger partial charge in [0.15, 0.2) is 0 Å². The number of hydrogen-bond donors (Lipinski definition) is 1. The average Bonchev–Trinajstić information content (AvgIpc) is 2.48. The molecule has 1 aromatic rings. The number of rotatable bonds is 2. The monoisotopic (exact) mass is 287 g/mol. The van der Waals surface area contributed by atoms with Gasteiger partial charge in [0.1, 0.15) is 5.82 Å². The molecule has 2 fully saturated rings. The summed E-state index contributed by atoms with van der Waals surface area (Å²) >= 11 is 0. The SMILES string of the molecule is Cc1cc(C)c(CN)c(N2CCC3(CCCCC3)CC2)n1. The molecule has 1 spiro atoms. The molecule has 116 valence electrons. The molecule has 2 N–H and O–H groups in total. The lowest BCUT2D eigenvalue weighted by atomic mass is 9.68. The lowest BCUT2D eigenvalue weighted by molar-refractivity contribution is 0.144. The highest BCUT2D eigenvalue weighted by atomic mass is 15.2. The molecule has 3 nitrogen and oxygen atoms in total. The van der Waals surface area contributed by atoms with Crippen molar-refractivity contribution in [2.24, 2.45) is 11.1 Å². The summed E-state index contributed by atoms with van der Waals surface area (Å²) < 4.78 is 0. The molecular weight excluding hydrogens is 258 g/mol. The van der Waals surface area contributed by atoms with Gasteiger partial charge in [0, 0.05) is 30.9 Å². The summed E-state index contributed by atoms with van der Waals surface area (Å²) in [5, 5.41) is 0. The van der Waals surface area contributed by atoms with Crippen LogP contribution in [0.25, 0.3) is 0 Å². The number of nitrogens with two attached hydrogens (primary N) is 1. The van der Waals surface area contributed by atoms with Crippen molar-refractivity contribution in [2.45, 2.75) is 65.3 Å². The summed E-state index contributed by atoms with van der Waals surface area (Å²) in [6, 6.07) is 2.15. The molecule has 1 aliphatic carbocycles. The van der Waals surface area contributed by atoms with Gasteiger partial charge in [0.05, 0.1) is 0 Å². The van der Waals surface area contributed by atoms with E-state index in [1.54, 1.807) is 0 Å². The van der Waals surface area contributed by atoms with E-state index in [0.717, 1.165) is 24.6 Å². The van der Waals surface area contributed by atoms with E-state index in [-0.39, 0.29) is 0 Å². The number of aryl methyl sites for hydroxylation is 2. The minimum absolute atomic E-state index is 0.593. The highest BCUT2D eigenvalue weighted by Gasteiger charge is 2.36. The van der Waals surface area contributed by atoms with E-state index in [1.807, 2.05) is 0 Å². The fourth-order valence-electron chi connectivity index (χ4n) is 4.35. The average molecular weight is 287 g/mol. The predicted octanol–water partition coefficient (Wildman–Crippen LogP) is 3.71. The van der Waals surface area contributed by atoms with Crippen molar-refractivity contribution in [2.75, 3.05) is 18.0 Å². The van der Waals surface area contributed by atoms with E-state index in [0.29, 0.717) is 12.0 Å². The number of nitrogens with zero attached hydrogens (tertiary/aromatic N) is 2. The van der Waals surface area contributed by atoms with Crippen LogP contribution < -0.4 is 10.6 Å². The molecule has 2 aliphatic rings. The number of hydrogen-bond acceptors (Lipinski definition) is 3. The van der Waals surface area contributed by atoms with Crippen molar-refractivity contribution in [3.8, 4) is 0 Å². The van der Waals surface area contributed by atoms with Crippen LogP contribution in [0.5, 0.6) is 0 Å². The first-order chi connectivity index (χ1) is 10.1. The summed E-state index contributed by atoms with van der Waals surface area (Å²) in [6.07, 6.45) is 9.90. The van der Waals surface area contributed by atoms with Gasteiger partial charge in [0.2, 0.25) is 0 Å². The Bertz CT molecular complexity index is 493. The van der Waals surface area contributed by atoms with Crippen LogP contribution in [-0.4, -0.2) is 18.1 Å². The molecule has 0 atom stereocenters. The Morgan fingerprint density at radius 1 is 1.10 bits per heavy atom. The van der Waals surface area contributed by atoms with Crippen molar-refractivity contribution in [1.82, 2.24) is 4.98 Å². The first-order valence-electron chi connectivity index (χ1n) is 8.56. The van der Waals surface area contributed by atoms with Gasteiger partial charge in [-0.1, -0.05) is 19.3 Å². The van der Waals surface area contributed by atoms with Gasteiger partial charge in [0.25, 0.3) is 0 Å². The van der Waals surface area contributed by atoms with Crippen molar-refractivity contribution in [1.29, 1.82) is 0 Å². The molecular formula is C18H29N3. The van der Waals surface area contributed by atoms with Crippen LogP contribution in [0.2, 0.25) is 0 Å². The molecule has 3 heteroatoms. The summed E-state index contributed by atoms with van der Waals surface area (Å²) in [5.41, 5.74) is 10.3. The standard InChI is InChI=1S/C18H29N3/c1-14-12-15(2)20-17(16(14)13-19)21-10-8-18(9-11-21)6-4-3-5-7-18/h12H,3-11,13,19H2,1-2H3. The highest BCUT2D eigenvalue weighted by Crippen LogP contribution is 2.45. The van der Waals surface area contributed by atoms with Gasteiger partial charge in [-0.25, -0.2) is 4.98 Å². The zero-order valence-corrected chi connectivity index (χ0v) is 13.6. The van der Waals surface area contributed by atoms with Crippen LogP contribution in [0, 0.1) is 19.3 Å². The second-order valence-corrected chi connectivity index (χ2v) is 7.13. The Hall–Kier alpha value is -1.09. The molecule has 1 aliphatic heterocycles. The normalized spacial score (nSPS) is 21.8. The third-order valence-corrected chi connectivity index (χ3v) is 5.70. The van der Waals surface area contributed by atoms with Gasteiger partial charge >= 0.3 is 0 Å². The Morgan fingerprint density at radius 2 is 1.76 bits per heavy atom. The molecule has 21 heavy (non-hydrogen) atoms. The van der Waals surface area contributed by atoms with Crippen LogP contribution in [0.3, 0.4) is 0 Å². The molecule has 0 unspecified atom stereocenters. The number of pyridine rings is 1. The van der Waals surface area contributed by atoms with Crippen LogP contribution >= 0.6 is 0 Å². The van der Waals surface area contributed by atoms with Gasteiger partial charge in [-0.05, 0) is 56.6 Å². The maximum Gasteiger partial charge on any atom is 0.133 e. The molecule has 1 aromatic heterocycles. The maximum atomic E-state index is 5.98. The first kappa shape index (κ1) is 14.8. The third-order valence-electron chi connectivity index (χ3n) is 5.70. The largest absolute Gasteiger partial charge is 0.356 e. The van der Waals surface area contributed by atoms with Crippen LogP contribution in [0.15, 0.2) is 6.07 Å². The Morgan fingerprint density at radius 3 is 2.38 bits per heavy atom. The summed E-state index contributed by atoms with van der Waals surface area (Å²) in [6.45, 7) is 7.15.